The van der Waals surface area contributed by atoms with Gasteiger partial charge >= 0.3 is 0 Å². The molecule has 21 heavy (non-hydrogen) atoms. The Morgan fingerprint density at radius 2 is 1.67 bits per heavy atom. The smallest absolute Gasteiger partial charge is 0.108 e. The lowest BCUT2D eigenvalue weighted by Crippen LogP contribution is -2.52. The molecule has 0 unspecified atom stereocenters. The Morgan fingerprint density at radius 1 is 1.10 bits per heavy atom. The molecular weight excluding hydrogens is 260 g/mol. The third-order valence-corrected chi connectivity index (χ3v) is 6.74. The molecule has 0 amide bonds. The Bertz CT molecular complexity index is 565. The van der Waals surface area contributed by atoms with Crippen LogP contribution in [0.15, 0.2) is 6.07 Å². The topological polar surface area (TPSA) is 29.5 Å². The summed E-state index contributed by atoms with van der Waals surface area (Å²) in [5, 5.41) is 8.89. The Labute approximate surface area is 129 Å². The van der Waals surface area contributed by atoms with Crippen molar-refractivity contribution in [2.24, 2.45) is 10.8 Å². The molecule has 1 aromatic carbocycles. The summed E-state index contributed by atoms with van der Waals surface area (Å²) in [7, 11) is 0. The standard InChI is InChI=1S/C19H30O2/c1-12-9-14-10-17(3,4)19(7,8)18(5,6)16(14)13(2)15(12)11-21-20/h9,20H,10-11H2,1-8H3. The van der Waals surface area contributed by atoms with E-state index < -0.39 is 0 Å². The van der Waals surface area contributed by atoms with Gasteiger partial charge in [-0.25, -0.2) is 4.89 Å². The Balaban J connectivity index is 2.77. The van der Waals surface area contributed by atoms with Crippen molar-refractivity contribution in [1.29, 1.82) is 0 Å². The molecule has 0 spiro atoms. The van der Waals surface area contributed by atoms with Crippen molar-refractivity contribution in [3.8, 4) is 0 Å². The lowest BCUT2D eigenvalue weighted by molar-refractivity contribution is -0.253. The highest BCUT2D eigenvalue weighted by Crippen LogP contribution is 2.59. The first kappa shape index (κ1) is 16.5. The van der Waals surface area contributed by atoms with E-state index in [1.54, 1.807) is 0 Å². The summed E-state index contributed by atoms with van der Waals surface area (Å²) in [6.45, 7) is 18.8. The number of hydrogen-bond donors (Lipinski definition) is 1. The summed E-state index contributed by atoms with van der Waals surface area (Å²) >= 11 is 0. The molecule has 0 saturated carbocycles. The van der Waals surface area contributed by atoms with Gasteiger partial charge in [-0.2, -0.15) is 0 Å². The first-order chi connectivity index (χ1) is 9.47. The van der Waals surface area contributed by atoms with E-state index in [0.29, 0.717) is 0 Å². The molecule has 0 atom stereocenters. The zero-order valence-electron chi connectivity index (χ0n) is 14.8. The van der Waals surface area contributed by atoms with E-state index >= 15 is 0 Å². The molecule has 0 saturated heterocycles. The quantitative estimate of drug-likeness (QED) is 0.600. The number of benzene rings is 1. The van der Waals surface area contributed by atoms with Crippen LogP contribution in [-0.2, 0) is 23.3 Å². The van der Waals surface area contributed by atoms with E-state index in [1.807, 2.05) is 0 Å². The molecule has 2 rings (SSSR count). The first-order valence-corrected chi connectivity index (χ1v) is 7.86. The molecule has 0 bridgehead atoms. The van der Waals surface area contributed by atoms with Gasteiger partial charge < -0.3 is 0 Å². The van der Waals surface area contributed by atoms with Gasteiger partial charge in [0.05, 0.1) is 0 Å². The fourth-order valence-corrected chi connectivity index (χ4v) is 4.26. The highest BCUT2D eigenvalue weighted by atomic mass is 17.1. The Morgan fingerprint density at radius 3 is 2.19 bits per heavy atom. The molecule has 2 nitrogen and oxygen atoms in total. The predicted molar refractivity (Wildman–Crippen MR) is 87.6 cm³/mol. The van der Waals surface area contributed by atoms with Crippen LogP contribution in [0.4, 0.5) is 0 Å². The summed E-state index contributed by atoms with van der Waals surface area (Å²) in [5.74, 6) is 0. The van der Waals surface area contributed by atoms with Gasteiger partial charge in [0, 0.05) is 0 Å². The lowest BCUT2D eigenvalue weighted by Gasteiger charge is -2.57. The van der Waals surface area contributed by atoms with Crippen LogP contribution in [0.5, 0.6) is 0 Å². The van der Waals surface area contributed by atoms with E-state index in [2.05, 4.69) is 66.3 Å². The van der Waals surface area contributed by atoms with E-state index in [-0.39, 0.29) is 22.9 Å². The van der Waals surface area contributed by atoms with Crippen molar-refractivity contribution in [3.63, 3.8) is 0 Å². The third kappa shape index (κ3) is 2.15. The highest BCUT2D eigenvalue weighted by Gasteiger charge is 2.53. The Hall–Kier alpha value is -0.860. The van der Waals surface area contributed by atoms with Crippen LogP contribution in [0.2, 0.25) is 0 Å². The van der Waals surface area contributed by atoms with Crippen LogP contribution in [0.1, 0.15) is 69.4 Å². The second-order valence-corrected chi connectivity index (χ2v) is 8.42. The van der Waals surface area contributed by atoms with Crippen LogP contribution in [0, 0.1) is 24.7 Å². The van der Waals surface area contributed by atoms with Crippen molar-refractivity contribution >= 4 is 0 Å². The number of hydrogen-bond acceptors (Lipinski definition) is 2. The first-order valence-electron chi connectivity index (χ1n) is 7.86. The van der Waals surface area contributed by atoms with Crippen LogP contribution in [-0.4, -0.2) is 5.26 Å². The fraction of sp³-hybridized carbons (Fsp3) is 0.684. The Kier molecular flexibility index (Phi) is 3.79. The minimum atomic E-state index is 0.0755. The molecule has 2 heteroatoms. The molecule has 118 valence electrons. The minimum Gasteiger partial charge on any atom is -0.251 e. The molecule has 0 radical (unpaired) electrons. The zero-order chi connectivity index (χ0) is 16.2. The molecule has 0 aliphatic heterocycles. The SMILES string of the molecule is Cc1cc2c(c(C)c1COO)C(C)(C)C(C)(C)C(C)(C)C2. The summed E-state index contributed by atoms with van der Waals surface area (Å²) in [6, 6.07) is 2.30. The van der Waals surface area contributed by atoms with E-state index in [4.69, 9.17) is 5.26 Å². The largest absolute Gasteiger partial charge is 0.251 e. The number of rotatable bonds is 2. The summed E-state index contributed by atoms with van der Waals surface area (Å²) in [6.07, 6.45) is 1.10. The molecule has 0 heterocycles. The average Bonchev–Trinajstić information content (AvgIpc) is 2.31. The maximum Gasteiger partial charge on any atom is 0.108 e. The van der Waals surface area contributed by atoms with E-state index in [0.717, 1.165) is 12.0 Å². The van der Waals surface area contributed by atoms with Gasteiger partial charge in [0.1, 0.15) is 6.61 Å². The fourth-order valence-electron chi connectivity index (χ4n) is 4.26. The van der Waals surface area contributed by atoms with Gasteiger partial charge in [0.2, 0.25) is 0 Å². The van der Waals surface area contributed by atoms with Crippen LogP contribution >= 0.6 is 0 Å². The van der Waals surface area contributed by atoms with Crippen LogP contribution < -0.4 is 0 Å². The number of aryl methyl sites for hydroxylation is 1. The van der Waals surface area contributed by atoms with Crippen LogP contribution in [0.25, 0.3) is 0 Å². The van der Waals surface area contributed by atoms with E-state index in [9.17, 15) is 0 Å². The average molecular weight is 290 g/mol. The monoisotopic (exact) mass is 290 g/mol. The maximum atomic E-state index is 8.89. The van der Waals surface area contributed by atoms with Gasteiger partial charge in [-0.15, -0.1) is 0 Å². The second kappa shape index (κ2) is 4.82. The highest BCUT2D eigenvalue weighted by molar-refractivity contribution is 5.51. The molecule has 1 N–H and O–H groups in total. The molecule has 0 aromatic heterocycles. The lowest BCUT2D eigenvalue weighted by atomic mass is 9.47. The predicted octanol–water partition coefficient (Wildman–Crippen LogP) is 5.18. The molecular formula is C19H30O2. The molecule has 0 fully saturated rings. The van der Waals surface area contributed by atoms with E-state index in [1.165, 1.54) is 22.3 Å². The van der Waals surface area contributed by atoms with Gasteiger partial charge in [0.25, 0.3) is 0 Å². The summed E-state index contributed by atoms with van der Waals surface area (Å²) < 4.78 is 0. The van der Waals surface area contributed by atoms with Gasteiger partial charge in [-0.3, -0.25) is 5.26 Å². The van der Waals surface area contributed by atoms with Crippen molar-refractivity contribution in [3.05, 3.63) is 33.9 Å². The normalized spacial score (nSPS) is 22.0. The zero-order valence-corrected chi connectivity index (χ0v) is 14.8. The van der Waals surface area contributed by atoms with Gasteiger partial charge in [-0.1, -0.05) is 47.6 Å². The number of fused-ring (bicyclic) bond motifs is 1. The van der Waals surface area contributed by atoms with Gasteiger partial charge in [-0.05, 0) is 64.3 Å². The van der Waals surface area contributed by atoms with Crippen molar-refractivity contribution in [2.75, 3.05) is 0 Å². The van der Waals surface area contributed by atoms with Crippen molar-refractivity contribution in [2.45, 2.75) is 73.8 Å². The van der Waals surface area contributed by atoms with Gasteiger partial charge in [0.15, 0.2) is 0 Å². The molecule has 1 aliphatic rings. The third-order valence-electron chi connectivity index (χ3n) is 6.74. The van der Waals surface area contributed by atoms with Crippen LogP contribution in [0.3, 0.4) is 0 Å². The van der Waals surface area contributed by atoms with Crippen molar-refractivity contribution < 1.29 is 10.1 Å². The maximum absolute atomic E-state index is 8.89. The second-order valence-electron chi connectivity index (χ2n) is 8.42. The van der Waals surface area contributed by atoms with Crippen molar-refractivity contribution in [1.82, 2.24) is 0 Å². The summed E-state index contributed by atoms with van der Waals surface area (Å²) in [4.78, 5) is 4.44. The molecule has 1 aromatic rings. The summed E-state index contributed by atoms with van der Waals surface area (Å²) in [5.41, 5.74) is 7.04. The minimum absolute atomic E-state index is 0.0755. The molecule has 1 aliphatic carbocycles.